The Balaban J connectivity index is 1.57. The van der Waals surface area contributed by atoms with Gasteiger partial charge in [-0.1, -0.05) is 69.7 Å². The van der Waals surface area contributed by atoms with Gasteiger partial charge in [-0.05, 0) is 48.9 Å². The number of benzene rings is 1. The third kappa shape index (κ3) is 10.3. The molecule has 3 rings (SSSR count). The van der Waals surface area contributed by atoms with Gasteiger partial charge < -0.3 is 31.5 Å². The Morgan fingerprint density at radius 1 is 1.02 bits per heavy atom. The second-order valence-corrected chi connectivity index (χ2v) is 10.8. The lowest BCUT2D eigenvalue weighted by atomic mass is 9.84. The van der Waals surface area contributed by atoms with Gasteiger partial charge in [0.05, 0.1) is 6.20 Å². The van der Waals surface area contributed by atoms with Crippen LogP contribution in [0.3, 0.4) is 0 Å². The number of rotatable bonds is 15. The van der Waals surface area contributed by atoms with Crippen LogP contribution in [-0.4, -0.2) is 54.0 Å². The molecule has 0 spiro atoms. The molecule has 1 fully saturated rings. The second-order valence-electron chi connectivity index (χ2n) is 10.8. The Labute approximate surface area is 241 Å². The van der Waals surface area contributed by atoms with Crippen LogP contribution < -0.4 is 27.0 Å². The van der Waals surface area contributed by atoms with Gasteiger partial charge in [0.2, 0.25) is 23.5 Å². The van der Waals surface area contributed by atoms with E-state index in [9.17, 15) is 19.2 Å². The van der Waals surface area contributed by atoms with E-state index in [-0.39, 0.29) is 36.5 Å². The van der Waals surface area contributed by atoms with Crippen LogP contribution in [0.15, 0.2) is 41.1 Å². The largest absolute Gasteiger partial charge is 0.354 e. The van der Waals surface area contributed by atoms with Gasteiger partial charge in [0.15, 0.2) is 0 Å². The molecule has 3 atom stereocenters. The Morgan fingerprint density at radius 3 is 2.39 bits per heavy atom. The Morgan fingerprint density at radius 2 is 1.76 bits per heavy atom. The predicted molar refractivity (Wildman–Crippen MR) is 156 cm³/mol. The number of carbonyl (C=O) groups excluding carboxylic acids is 4. The highest BCUT2D eigenvalue weighted by atomic mass is 16.5. The number of anilines is 1. The van der Waals surface area contributed by atoms with Crippen molar-refractivity contribution in [3.8, 4) is 0 Å². The lowest BCUT2D eigenvalue weighted by molar-refractivity contribution is -0.131. The Hall–Kier alpha value is -3.73. The minimum Gasteiger partial charge on any atom is -0.354 e. The van der Waals surface area contributed by atoms with Crippen molar-refractivity contribution < 1.29 is 23.7 Å². The molecule has 0 bridgehead atoms. The fraction of sp³-hybridized carbons (Fsp3) is 0.567. The van der Waals surface area contributed by atoms with E-state index in [0.29, 0.717) is 31.0 Å². The van der Waals surface area contributed by atoms with Gasteiger partial charge in [-0.2, -0.15) is 0 Å². The standard InChI is InChI=1S/C30H44N6O5/c1-3-20(2)27(30(40)32-17-15-26(37)34-23-11-9-21(10-12-23)13-16-31)36-28(38)24(19-22-7-5-4-6-8-22)35-29(39)25-14-18-33-41-25/h9-12,14,18,20,22,24,27H,3-8,13,15-17,19,31H2,1-2H3,(H,32,40)(H,34,37)(H,35,39)(H,36,38)/t20-,24-,27-/m0/s1. The fourth-order valence-electron chi connectivity index (χ4n) is 5.06. The van der Waals surface area contributed by atoms with Crippen molar-refractivity contribution in [1.82, 2.24) is 21.1 Å². The number of nitrogens with one attached hydrogen (secondary N) is 4. The van der Waals surface area contributed by atoms with Gasteiger partial charge in [0.1, 0.15) is 12.1 Å². The first kappa shape index (κ1) is 31.8. The lowest BCUT2D eigenvalue weighted by Gasteiger charge is -2.29. The first-order valence-electron chi connectivity index (χ1n) is 14.7. The van der Waals surface area contributed by atoms with Crippen LogP contribution in [0.4, 0.5) is 5.69 Å². The van der Waals surface area contributed by atoms with Crippen LogP contribution in [0, 0.1) is 11.8 Å². The molecular weight excluding hydrogens is 524 g/mol. The van der Waals surface area contributed by atoms with Crippen molar-refractivity contribution in [3.63, 3.8) is 0 Å². The molecule has 11 heteroatoms. The normalized spacial score (nSPS) is 15.8. The third-order valence-electron chi connectivity index (χ3n) is 7.69. The summed E-state index contributed by atoms with van der Waals surface area (Å²) < 4.78 is 4.96. The van der Waals surface area contributed by atoms with Crippen molar-refractivity contribution >= 4 is 29.3 Å². The van der Waals surface area contributed by atoms with Crippen molar-refractivity contribution in [2.45, 2.75) is 83.7 Å². The summed E-state index contributed by atoms with van der Waals surface area (Å²) in [6, 6.07) is 7.27. The summed E-state index contributed by atoms with van der Waals surface area (Å²) in [5.74, 6) is -1.38. The predicted octanol–water partition coefficient (Wildman–Crippen LogP) is 2.92. The van der Waals surface area contributed by atoms with E-state index in [1.807, 2.05) is 38.1 Å². The molecule has 11 nitrogen and oxygen atoms in total. The monoisotopic (exact) mass is 568 g/mol. The number of aromatic nitrogens is 1. The average Bonchev–Trinajstić information content (AvgIpc) is 3.52. The van der Waals surface area contributed by atoms with Crippen LogP contribution in [0.1, 0.15) is 81.3 Å². The van der Waals surface area contributed by atoms with Crippen molar-refractivity contribution in [3.05, 3.63) is 47.9 Å². The molecule has 0 unspecified atom stereocenters. The highest BCUT2D eigenvalue weighted by molar-refractivity contribution is 5.97. The highest BCUT2D eigenvalue weighted by Gasteiger charge is 2.32. The molecule has 224 valence electrons. The number of hydrogen-bond acceptors (Lipinski definition) is 7. The molecule has 41 heavy (non-hydrogen) atoms. The maximum atomic E-state index is 13.5. The summed E-state index contributed by atoms with van der Waals surface area (Å²) in [6.45, 7) is 4.50. The van der Waals surface area contributed by atoms with Gasteiger partial charge >= 0.3 is 0 Å². The zero-order valence-corrected chi connectivity index (χ0v) is 24.1. The molecule has 1 aliphatic rings. The van der Waals surface area contributed by atoms with Gasteiger partial charge in [-0.15, -0.1) is 0 Å². The summed E-state index contributed by atoms with van der Waals surface area (Å²) in [5.41, 5.74) is 7.34. The Bertz CT molecular complexity index is 1110. The molecule has 1 aliphatic carbocycles. The molecule has 4 amide bonds. The van der Waals surface area contributed by atoms with Crippen LogP contribution >= 0.6 is 0 Å². The molecule has 6 N–H and O–H groups in total. The summed E-state index contributed by atoms with van der Waals surface area (Å²) >= 11 is 0. The minimum atomic E-state index is -0.822. The van der Waals surface area contributed by atoms with Gasteiger partial charge in [0, 0.05) is 24.7 Å². The summed E-state index contributed by atoms with van der Waals surface area (Å²) in [5, 5.41) is 14.8. The highest BCUT2D eigenvalue weighted by Crippen LogP contribution is 2.27. The van der Waals surface area contributed by atoms with Gasteiger partial charge in [-0.3, -0.25) is 19.2 Å². The molecule has 0 radical (unpaired) electrons. The first-order chi connectivity index (χ1) is 19.8. The number of nitrogens with zero attached hydrogens (tertiary/aromatic N) is 1. The fourth-order valence-corrected chi connectivity index (χ4v) is 5.06. The maximum absolute atomic E-state index is 13.5. The zero-order valence-electron chi connectivity index (χ0n) is 24.1. The first-order valence-corrected chi connectivity index (χ1v) is 14.7. The molecule has 0 aliphatic heterocycles. The third-order valence-corrected chi connectivity index (χ3v) is 7.69. The van der Waals surface area contributed by atoms with E-state index in [1.54, 1.807) is 0 Å². The lowest BCUT2D eigenvalue weighted by Crippen LogP contribution is -2.56. The van der Waals surface area contributed by atoms with Crippen molar-refractivity contribution in [2.24, 2.45) is 17.6 Å². The van der Waals surface area contributed by atoms with Crippen LogP contribution in [0.2, 0.25) is 0 Å². The minimum absolute atomic E-state index is 0.0208. The number of carbonyl (C=O) groups is 4. The van der Waals surface area contributed by atoms with Crippen LogP contribution in [-0.2, 0) is 20.8 Å². The van der Waals surface area contributed by atoms with Gasteiger partial charge in [0.25, 0.3) is 5.91 Å². The van der Waals surface area contributed by atoms with E-state index >= 15 is 0 Å². The van der Waals surface area contributed by atoms with Gasteiger partial charge in [-0.25, -0.2) is 0 Å². The topological polar surface area (TPSA) is 168 Å². The number of hydrogen-bond donors (Lipinski definition) is 5. The second kappa shape index (κ2) is 16.5. The van der Waals surface area contributed by atoms with E-state index in [4.69, 9.17) is 10.3 Å². The summed E-state index contributed by atoms with van der Waals surface area (Å²) in [4.78, 5) is 51.8. The van der Waals surface area contributed by atoms with Crippen molar-refractivity contribution in [2.75, 3.05) is 18.4 Å². The molecule has 1 heterocycles. The van der Waals surface area contributed by atoms with E-state index < -0.39 is 23.9 Å². The molecule has 0 saturated heterocycles. The quantitative estimate of drug-likeness (QED) is 0.220. The molecule has 1 aromatic heterocycles. The average molecular weight is 569 g/mol. The van der Waals surface area contributed by atoms with E-state index in [2.05, 4.69) is 26.4 Å². The van der Waals surface area contributed by atoms with Crippen LogP contribution in [0.5, 0.6) is 0 Å². The number of nitrogens with two attached hydrogens (primary N) is 1. The maximum Gasteiger partial charge on any atom is 0.290 e. The molecular formula is C30H44N6O5. The number of amides is 4. The molecule has 1 aromatic carbocycles. The molecule has 1 saturated carbocycles. The summed E-state index contributed by atoms with van der Waals surface area (Å²) in [6.07, 6.45) is 8.71. The zero-order chi connectivity index (χ0) is 29.6. The van der Waals surface area contributed by atoms with Crippen molar-refractivity contribution in [1.29, 1.82) is 0 Å². The van der Waals surface area contributed by atoms with E-state index in [0.717, 1.165) is 37.7 Å². The Kier molecular flexibility index (Phi) is 12.8. The smallest absolute Gasteiger partial charge is 0.290 e. The molecule has 2 aromatic rings. The van der Waals surface area contributed by atoms with Crippen LogP contribution in [0.25, 0.3) is 0 Å². The SMILES string of the molecule is CC[C@H](C)[C@H](NC(=O)[C@H](CC1CCCCC1)NC(=O)c1ccno1)C(=O)NCCC(=O)Nc1ccc(CCN)cc1. The summed E-state index contributed by atoms with van der Waals surface area (Å²) in [7, 11) is 0. The van der Waals surface area contributed by atoms with E-state index in [1.165, 1.54) is 18.7 Å².